The van der Waals surface area contributed by atoms with Crippen molar-refractivity contribution >= 4 is 15.9 Å². The van der Waals surface area contributed by atoms with Crippen molar-refractivity contribution in [1.82, 2.24) is 9.62 Å². The molecule has 1 N–H and O–H groups in total. The average molecular weight is 387 g/mol. The fraction of sp³-hybridized carbons (Fsp3) is 0.381. The van der Waals surface area contributed by atoms with Crippen LogP contribution in [0.25, 0.3) is 0 Å². The molecular weight excluding hydrogens is 360 g/mol. The second-order valence-electron chi connectivity index (χ2n) is 7.12. The molecule has 1 heterocycles. The van der Waals surface area contributed by atoms with Crippen molar-refractivity contribution in [3.05, 3.63) is 71.3 Å². The summed E-state index contributed by atoms with van der Waals surface area (Å²) in [7, 11) is -3.36. The molecular formula is C21H26N2O3S. The zero-order valence-corrected chi connectivity index (χ0v) is 16.4. The number of nitrogens with zero attached hydrogens (tertiary/aromatic N) is 1. The summed E-state index contributed by atoms with van der Waals surface area (Å²) in [6.45, 7) is 3.26. The molecule has 0 aliphatic carbocycles. The van der Waals surface area contributed by atoms with E-state index in [0.717, 1.165) is 16.7 Å². The number of carbonyl (C=O) groups excluding carboxylic acids is 1. The number of rotatable bonds is 6. The fourth-order valence-corrected chi connectivity index (χ4v) is 4.98. The number of sulfonamides is 1. The van der Waals surface area contributed by atoms with Crippen molar-refractivity contribution in [3.8, 4) is 0 Å². The van der Waals surface area contributed by atoms with E-state index < -0.39 is 10.0 Å². The minimum atomic E-state index is -3.36. The van der Waals surface area contributed by atoms with Crippen LogP contribution in [-0.4, -0.2) is 31.7 Å². The molecule has 3 rings (SSSR count). The highest BCUT2D eigenvalue weighted by molar-refractivity contribution is 7.88. The molecule has 1 saturated heterocycles. The summed E-state index contributed by atoms with van der Waals surface area (Å²) in [5.74, 6) is -0.103. The smallest absolute Gasteiger partial charge is 0.223 e. The Hall–Kier alpha value is -2.18. The molecule has 0 atom stereocenters. The predicted molar refractivity (Wildman–Crippen MR) is 106 cm³/mol. The quantitative estimate of drug-likeness (QED) is 0.830. The molecule has 0 unspecified atom stereocenters. The van der Waals surface area contributed by atoms with Gasteiger partial charge in [0.2, 0.25) is 15.9 Å². The highest BCUT2D eigenvalue weighted by Gasteiger charge is 2.31. The van der Waals surface area contributed by atoms with Crippen molar-refractivity contribution in [2.45, 2.75) is 32.1 Å². The summed E-state index contributed by atoms with van der Waals surface area (Å²) in [6, 6.07) is 17.4. The van der Waals surface area contributed by atoms with Gasteiger partial charge in [-0.3, -0.25) is 4.79 Å². The van der Waals surface area contributed by atoms with Gasteiger partial charge in [-0.25, -0.2) is 12.7 Å². The van der Waals surface area contributed by atoms with E-state index in [1.807, 2.05) is 61.5 Å². The number of carbonyl (C=O) groups is 1. The van der Waals surface area contributed by atoms with Crippen LogP contribution in [0.1, 0.15) is 29.5 Å². The van der Waals surface area contributed by atoms with Crippen LogP contribution in [0.2, 0.25) is 0 Å². The van der Waals surface area contributed by atoms with Crippen LogP contribution in [0.3, 0.4) is 0 Å². The Morgan fingerprint density at radius 2 is 1.70 bits per heavy atom. The van der Waals surface area contributed by atoms with Gasteiger partial charge in [0.1, 0.15) is 0 Å². The van der Waals surface area contributed by atoms with Crippen molar-refractivity contribution in [2.24, 2.45) is 5.92 Å². The number of hydrogen-bond donors (Lipinski definition) is 1. The third kappa shape index (κ3) is 5.40. The molecule has 144 valence electrons. The first kappa shape index (κ1) is 19.6. The highest BCUT2D eigenvalue weighted by Crippen LogP contribution is 2.22. The summed E-state index contributed by atoms with van der Waals surface area (Å²) in [4.78, 5) is 12.4. The molecule has 27 heavy (non-hydrogen) atoms. The summed E-state index contributed by atoms with van der Waals surface area (Å²) < 4.78 is 26.9. The van der Waals surface area contributed by atoms with Crippen LogP contribution in [0, 0.1) is 12.8 Å². The van der Waals surface area contributed by atoms with E-state index in [4.69, 9.17) is 0 Å². The minimum Gasteiger partial charge on any atom is -0.352 e. The maximum absolute atomic E-state index is 12.7. The van der Waals surface area contributed by atoms with Gasteiger partial charge in [0, 0.05) is 25.6 Å². The number of amides is 1. The van der Waals surface area contributed by atoms with E-state index in [2.05, 4.69) is 5.32 Å². The first-order chi connectivity index (χ1) is 12.9. The summed E-state index contributed by atoms with van der Waals surface area (Å²) >= 11 is 0. The number of benzene rings is 2. The predicted octanol–water partition coefficient (Wildman–Crippen LogP) is 2.85. The van der Waals surface area contributed by atoms with Gasteiger partial charge < -0.3 is 5.32 Å². The Morgan fingerprint density at radius 3 is 2.37 bits per heavy atom. The molecule has 1 aliphatic rings. The molecule has 0 spiro atoms. The van der Waals surface area contributed by atoms with Gasteiger partial charge in [-0.05, 0) is 30.9 Å². The van der Waals surface area contributed by atoms with Gasteiger partial charge in [-0.15, -0.1) is 0 Å². The first-order valence-electron chi connectivity index (χ1n) is 9.29. The lowest BCUT2D eigenvalue weighted by molar-refractivity contribution is -0.126. The monoisotopic (exact) mass is 386 g/mol. The zero-order valence-electron chi connectivity index (χ0n) is 15.6. The van der Waals surface area contributed by atoms with Crippen LogP contribution in [0.5, 0.6) is 0 Å². The molecule has 1 amide bonds. The van der Waals surface area contributed by atoms with Crippen LogP contribution in [0.15, 0.2) is 54.6 Å². The van der Waals surface area contributed by atoms with Crippen LogP contribution in [-0.2, 0) is 27.1 Å². The summed E-state index contributed by atoms with van der Waals surface area (Å²) in [5.41, 5.74) is 2.92. The molecule has 2 aromatic carbocycles. The van der Waals surface area contributed by atoms with Crippen LogP contribution in [0.4, 0.5) is 0 Å². The Balaban J connectivity index is 1.51. The number of piperidine rings is 1. The molecule has 1 fully saturated rings. The topological polar surface area (TPSA) is 66.5 Å². The normalized spacial score (nSPS) is 16.2. The van der Waals surface area contributed by atoms with Crippen molar-refractivity contribution in [2.75, 3.05) is 13.1 Å². The highest BCUT2D eigenvalue weighted by atomic mass is 32.2. The maximum Gasteiger partial charge on any atom is 0.223 e. The lowest BCUT2D eigenvalue weighted by atomic mass is 9.97. The van der Waals surface area contributed by atoms with Gasteiger partial charge in [-0.1, -0.05) is 60.2 Å². The van der Waals surface area contributed by atoms with E-state index >= 15 is 0 Å². The first-order valence-corrected chi connectivity index (χ1v) is 10.9. The van der Waals surface area contributed by atoms with Gasteiger partial charge in [0.05, 0.1) is 5.75 Å². The third-order valence-corrected chi connectivity index (χ3v) is 6.81. The van der Waals surface area contributed by atoms with Gasteiger partial charge in [0.25, 0.3) is 0 Å². The largest absolute Gasteiger partial charge is 0.352 e. The van der Waals surface area contributed by atoms with Crippen molar-refractivity contribution < 1.29 is 13.2 Å². The molecule has 1 aliphatic heterocycles. The lowest BCUT2D eigenvalue weighted by Crippen LogP contribution is -2.43. The standard InChI is InChI=1S/C21H26N2O3S/c1-17-6-5-9-19(14-17)16-27(25,26)23-12-10-20(11-13-23)21(24)22-15-18-7-3-2-4-8-18/h2-9,14,20H,10-13,15-16H2,1H3,(H,22,24). The van der Waals surface area contributed by atoms with Gasteiger partial charge in [0.15, 0.2) is 0 Å². The Bertz CT molecular complexity index is 873. The third-order valence-electron chi connectivity index (χ3n) is 4.96. The van der Waals surface area contributed by atoms with Crippen molar-refractivity contribution in [1.29, 1.82) is 0 Å². The molecule has 6 heteroatoms. The van der Waals surface area contributed by atoms with Crippen LogP contribution < -0.4 is 5.32 Å². The summed E-state index contributed by atoms with van der Waals surface area (Å²) in [5, 5.41) is 2.96. The lowest BCUT2D eigenvalue weighted by Gasteiger charge is -2.30. The van der Waals surface area contributed by atoms with E-state index in [9.17, 15) is 13.2 Å². The number of hydrogen-bond acceptors (Lipinski definition) is 3. The van der Waals surface area contributed by atoms with E-state index in [1.165, 1.54) is 4.31 Å². The molecule has 0 radical (unpaired) electrons. The SMILES string of the molecule is Cc1cccc(CS(=O)(=O)N2CCC(C(=O)NCc3ccccc3)CC2)c1. The van der Waals surface area contributed by atoms with E-state index in [0.29, 0.717) is 32.5 Å². The molecule has 0 saturated carbocycles. The second kappa shape index (κ2) is 8.67. The van der Waals surface area contributed by atoms with Crippen LogP contribution >= 0.6 is 0 Å². The van der Waals surface area contributed by atoms with Gasteiger partial charge in [-0.2, -0.15) is 0 Å². The number of aryl methyl sites for hydroxylation is 1. The summed E-state index contributed by atoms with van der Waals surface area (Å²) in [6.07, 6.45) is 1.13. The van der Waals surface area contributed by atoms with Gasteiger partial charge >= 0.3 is 0 Å². The average Bonchev–Trinajstić information content (AvgIpc) is 2.67. The zero-order chi connectivity index (χ0) is 19.3. The molecule has 5 nitrogen and oxygen atoms in total. The fourth-order valence-electron chi connectivity index (χ4n) is 3.43. The molecule has 0 aromatic heterocycles. The molecule has 0 bridgehead atoms. The van der Waals surface area contributed by atoms with E-state index in [-0.39, 0.29) is 17.6 Å². The maximum atomic E-state index is 12.7. The van der Waals surface area contributed by atoms with Crippen molar-refractivity contribution in [3.63, 3.8) is 0 Å². The number of nitrogens with one attached hydrogen (secondary N) is 1. The Kier molecular flexibility index (Phi) is 6.29. The Morgan fingerprint density at radius 1 is 1.04 bits per heavy atom. The Labute approximate surface area is 161 Å². The van der Waals surface area contributed by atoms with E-state index in [1.54, 1.807) is 0 Å². The minimum absolute atomic E-state index is 0.00888. The molecule has 2 aromatic rings. The second-order valence-corrected chi connectivity index (χ2v) is 9.09.